The number of allylic oxidation sites excluding steroid dienone is 1. The van der Waals surface area contributed by atoms with Crippen LogP contribution in [0.2, 0.25) is 0 Å². The molecule has 1 atom stereocenters. The molecule has 1 aromatic heterocycles. The van der Waals surface area contributed by atoms with Crippen molar-refractivity contribution in [3.8, 4) is 0 Å². The number of rotatable bonds is 5. The smallest absolute Gasteiger partial charge is 0.223 e. The summed E-state index contributed by atoms with van der Waals surface area (Å²) < 4.78 is 2.28. The molecule has 2 aromatic carbocycles. The van der Waals surface area contributed by atoms with E-state index in [9.17, 15) is 4.79 Å². The van der Waals surface area contributed by atoms with Crippen molar-refractivity contribution >= 4 is 23.0 Å². The summed E-state index contributed by atoms with van der Waals surface area (Å²) >= 11 is 0. The van der Waals surface area contributed by atoms with E-state index in [1.165, 1.54) is 5.56 Å². The van der Waals surface area contributed by atoms with Gasteiger partial charge in [-0.15, -0.1) is 0 Å². The van der Waals surface area contributed by atoms with Gasteiger partial charge in [0.2, 0.25) is 5.91 Å². The van der Waals surface area contributed by atoms with Crippen LogP contribution in [0.5, 0.6) is 0 Å². The number of carbonyl (C=O) groups excluding carboxylic acids is 1. The number of imidazole rings is 1. The minimum Gasteiger partial charge on any atom is -0.339 e. The van der Waals surface area contributed by atoms with Crippen LogP contribution in [0.15, 0.2) is 60.7 Å². The minimum atomic E-state index is 0.190. The van der Waals surface area contributed by atoms with Crippen molar-refractivity contribution in [3.63, 3.8) is 0 Å². The molecule has 2 aliphatic rings. The highest BCUT2D eigenvalue weighted by molar-refractivity contribution is 5.81. The molecule has 0 N–H and O–H groups in total. The summed E-state index contributed by atoms with van der Waals surface area (Å²) in [5.74, 6) is 1.53. The minimum absolute atomic E-state index is 0.190. The van der Waals surface area contributed by atoms with Gasteiger partial charge in [-0.25, -0.2) is 4.98 Å². The second-order valence-electron chi connectivity index (χ2n) is 7.56. The number of fused-ring (bicyclic) bond motifs is 1. The highest BCUT2D eigenvalue weighted by Crippen LogP contribution is 2.37. The summed E-state index contributed by atoms with van der Waals surface area (Å²) in [6.45, 7) is 1.58. The first kappa shape index (κ1) is 16.3. The Bertz CT molecular complexity index is 1000. The molecule has 2 fully saturated rings. The van der Waals surface area contributed by atoms with Crippen molar-refractivity contribution in [2.75, 3.05) is 6.54 Å². The van der Waals surface area contributed by atoms with Crippen LogP contribution in [0, 0.1) is 0 Å². The van der Waals surface area contributed by atoms with Gasteiger partial charge in [-0.05, 0) is 30.5 Å². The van der Waals surface area contributed by atoms with Gasteiger partial charge in [-0.2, -0.15) is 0 Å². The number of nitrogens with zero attached hydrogens (tertiary/aromatic N) is 3. The lowest BCUT2D eigenvalue weighted by Gasteiger charge is -2.16. The zero-order valence-electron chi connectivity index (χ0n) is 15.3. The predicted molar refractivity (Wildman–Crippen MR) is 107 cm³/mol. The molecular weight excluding hydrogens is 334 g/mol. The van der Waals surface area contributed by atoms with E-state index in [-0.39, 0.29) is 5.92 Å². The molecule has 136 valence electrons. The van der Waals surface area contributed by atoms with E-state index in [2.05, 4.69) is 52.0 Å². The molecule has 2 heterocycles. The molecule has 3 aromatic rings. The Kier molecular flexibility index (Phi) is 4.04. The van der Waals surface area contributed by atoms with Gasteiger partial charge in [0.15, 0.2) is 0 Å². The van der Waals surface area contributed by atoms with Crippen molar-refractivity contribution in [1.82, 2.24) is 14.5 Å². The summed E-state index contributed by atoms with van der Waals surface area (Å²) in [5.41, 5.74) is 3.35. The molecule has 1 aliphatic carbocycles. The highest BCUT2D eigenvalue weighted by atomic mass is 16.2. The standard InChI is InChI=1S/C23H23N3O/c27-22-15-18(16-26(22)19-12-13-19)23-24-20-10-4-5-11-21(20)25(23)14-6-9-17-7-2-1-3-8-17/h1-11,18-19H,12-16H2/b9-6+. The van der Waals surface area contributed by atoms with Crippen molar-refractivity contribution in [1.29, 1.82) is 0 Å². The fourth-order valence-electron chi connectivity index (χ4n) is 4.10. The molecule has 4 heteroatoms. The van der Waals surface area contributed by atoms with E-state index in [0.29, 0.717) is 18.4 Å². The first-order valence-electron chi connectivity index (χ1n) is 9.76. The number of hydrogen-bond acceptors (Lipinski definition) is 2. The van der Waals surface area contributed by atoms with Crippen LogP contribution in [0.3, 0.4) is 0 Å². The molecular formula is C23H23N3O. The van der Waals surface area contributed by atoms with E-state index in [0.717, 1.165) is 42.8 Å². The summed E-state index contributed by atoms with van der Waals surface area (Å²) in [6.07, 6.45) is 7.24. The molecule has 0 bridgehead atoms. The van der Waals surface area contributed by atoms with Crippen molar-refractivity contribution in [2.24, 2.45) is 0 Å². The van der Waals surface area contributed by atoms with E-state index in [1.54, 1.807) is 0 Å². The molecule has 0 radical (unpaired) electrons. The number of hydrogen-bond donors (Lipinski definition) is 0. The van der Waals surface area contributed by atoms with E-state index >= 15 is 0 Å². The number of aromatic nitrogens is 2. The topological polar surface area (TPSA) is 38.1 Å². The summed E-state index contributed by atoms with van der Waals surface area (Å²) in [5, 5.41) is 0. The summed E-state index contributed by atoms with van der Waals surface area (Å²) in [4.78, 5) is 19.4. The van der Waals surface area contributed by atoms with Crippen molar-refractivity contribution < 1.29 is 4.79 Å². The highest BCUT2D eigenvalue weighted by Gasteiger charge is 2.41. The first-order chi connectivity index (χ1) is 13.3. The van der Waals surface area contributed by atoms with Crippen LogP contribution in [-0.2, 0) is 11.3 Å². The largest absolute Gasteiger partial charge is 0.339 e. The zero-order valence-corrected chi connectivity index (χ0v) is 15.3. The SMILES string of the molecule is O=C1CC(c2nc3ccccc3n2C/C=C/c2ccccc2)CN1C1CC1. The molecule has 1 saturated heterocycles. The lowest BCUT2D eigenvalue weighted by atomic mass is 10.1. The number of para-hydroxylation sites is 2. The monoisotopic (exact) mass is 357 g/mol. The van der Waals surface area contributed by atoms with Gasteiger partial charge in [-0.1, -0.05) is 54.6 Å². The van der Waals surface area contributed by atoms with Gasteiger partial charge in [0.05, 0.1) is 11.0 Å². The number of benzene rings is 2. The third-order valence-corrected chi connectivity index (χ3v) is 5.59. The maximum Gasteiger partial charge on any atom is 0.223 e. The van der Waals surface area contributed by atoms with Crippen LogP contribution in [0.25, 0.3) is 17.1 Å². The molecule has 1 saturated carbocycles. The molecule has 0 spiro atoms. The second-order valence-corrected chi connectivity index (χ2v) is 7.56. The second kappa shape index (κ2) is 6.69. The third-order valence-electron chi connectivity index (χ3n) is 5.59. The lowest BCUT2D eigenvalue weighted by molar-refractivity contribution is -0.128. The molecule has 5 rings (SSSR count). The van der Waals surface area contributed by atoms with Gasteiger partial charge >= 0.3 is 0 Å². The summed E-state index contributed by atoms with van der Waals surface area (Å²) in [6, 6.07) is 19.1. The number of amides is 1. The average Bonchev–Trinajstić information content (AvgIpc) is 3.37. The Morgan fingerprint density at radius 2 is 1.81 bits per heavy atom. The average molecular weight is 357 g/mol. The van der Waals surface area contributed by atoms with Gasteiger partial charge < -0.3 is 9.47 Å². The zero-order chi connectivity index (χ0) is 18.2. The fraction of sp³-hybridized carbons (Fsp3) is 0.304. The van der Waals surface area contributed by atoms with E-state index in [1.807, 2.05) is 24.3 Å². The Labute approximate surface area is 159 Å². The predicted octanol–water partition coefficient (Wildman–Crippen LogP) is 4.23. The van der Waals surface area contributed by atoms with Crippen LogP contribution in [0.1, 0.15) is 36.6 Å². The Hall–Kier alpha value is -2.88. The Morgan fingerprint density at radius 3 is 2.63 bits per heavy atom. The maximum absolute atomic E-state index is 12.4. The third kappa shape index (κ3) is 3.16. The van der Waals surface area contributed by atoms with Crippen molar-refractivity contribution in [2.45, 2.75) is 37.8 Å². The van der Waals surface area contributed by atoms with Crippen LogP contribution in [-0.4, -0.2) is 32.9 Å². The molecule has 1 unspecified atom stereocenters. The maximum atomic E-state index is 12.4. The Morgan fingerprint density at radius 1 is 1.04 bits per heavy atom. The summed E-state index contributed by atoms with van der Waals surface area (Å²) in [7, 11) is 0. The molecule has 1 aliphatic heterocycles. The molecule has 27 heavy (non-hydrogen) atoms. The van der Waals surface area contributed by atoms with Crippen molar-refractivity contribution in [3.05, 3.63) is 72.1 Å². The fourth-order valence-corrected chi connectivity index (χ4v) is 4.10. The van der Waals surface area contributed by atoms with Crippen LogP contribution < -0.4 is 0 Å². The number of likely N-dealkylation sites (tertiary alicyclic amines) is 1. The van der Waals surface area contributed by atoms with Gasteiger partial charge in [-0.3, -0.25) is 4.79 Å². The first-order valence-corrected chi connectivity index (χ1v) is 9.76. The Balaban J connectivity index is 1.46. The van der Waals surface area contributed by atoms with Gasteiger partial charge in [0.25, 0.3) is 0 Å². The molecule has 1 amide bonds. The van der Waals surface area contributed by atoms with E-state index < -0.39 is 0 Å². The quantitative estimate of drug-likeness (QED) is 0.685. The van der Waals surface area contributed by atoms with Crippen LogP contribution in [0.4, 0.5) is 0 Å². The normalized spacial score (nSPS) is 20.2. The lowest BCUT2D eigenvalue weighted by Crippen LogP contribution is -2.27. The molecule has 4 nitrogen and oxygen atoms in total. The van der Waals surface area contributed by atoms with Crippen LogP contribution >= 0.6 is 0 Å². The number of carbonyl (C=O) groups is 1. The van der Waals surface area contributed by atoms with Gasteiger partial charge in [0.1, 0.15) is 5.82 Å². The van der Waals surface area contributed by atoms with Gasteiger partial charge in [0, 0.05) is 31.5 Å². The van der Waals surface area contributed by atoms with E-state index in [4.69, 9.17) is 4.98 Å².